The molecule has 1 aromatic carbocycles. The van der Waals surface area contributed by atoms with Crippen LogP contribution in [0, 0.1) is 5.82 Å². The van der Waals surface area contributed by atoms with Gasteiger partial charge in [0.1, 0.15) is 16.9 Å². The molecule has 5 aromatic heterocycles. The fraction of sp³-hybridized carbons (Fsp3) is 0.0800. The number of nitrogens with zero attached hydrogens (tertiary/aromatic N) is 5. The zero-order chi connectivity index (χ0) is 25.6. The lowest BCUT2D eigenvalue weighted by molar-refractivity contribution is 0.586. The van der Waals surface area contributed by atoms with Crippen LogP contribution in [0.4, 0.5) is 4.39 Å². The average molecular weight is 515 g/mol. The minimum Gasteiger partial charge on any atom is -0.336 e. The van der Waals surface area contributed by atoms with Gasteiger partial charge in [0.25, 0.3) is 0 Å². The second-order valence-corrected chi connectivity index (χ2v) is 10.3. The van der Waals surface area contributed by atoms with Gasteiger partial charge in [0.2, 0.25) is 10.0 Å². The zero-order valence-electron chi connectivity index (χ0n) is 19.4. The van der Waals surface area contributed by atoms with Crippen LogP contribution in [0.3, 0.4) is 0 Å². The lowest BCUT2D eigenvalue weighted by Crippen LogP contribution is -2.21. The van der Waals surface area contributed by atoms with E-state index in [-0.39, 0.29) is 6.54 Å². The largest absolute Gasteiger partial charge is 0.336 e. The number of sulfonamides is 1. The molecule has 0 spiro atoms. The van der Waals surface area contributed by atoms with Gasteiger partial charge in [0, 0.05) is 36.3 Å². The second-order valence-electron chi connectivity index (χ2n) is 8.48. The maximum absolute atomic E-state index is 14.5. The smallest absolute Gasteiger partial charge is 0.209 e. The zero-order valence-corrected chi connectivity index (χ0v) is 20.2. The Hall–Kier alpha value is -4.55. The van der Waals surface area contributed by atoms with Gasteiger partial charge in [-0.15, -0.1) is 0 Å². The van der Waals surface area contributed by atoms with Gasteiger partial charge in [0.05, 0.1) is 28.7 Å². The fourth-order valence-electron chi connectivity index (χ4n) is 4.11. The van der Waals surface area contributed by atoms with E-state index >= 15 is 0 Å². The number of benzene rings is 1. The summed E-state index contributed by atoms with van der Waals surface area (Å²) in [4.78, 5) is 21.3. The first-order valence-corrected chi connectivity index (χ1v) is 13.1. The van der Waals surface area contributed by atoms with Gasteiger partial charge in [-0.05, 0) is 54.1 Å². The topological polar surface area (TPSA) is 142 Å². The number of hydrogen-bond acceptors (Lipinski definition) is 7. The Bertz CT molecular complexity index is 1880. The first-order valence-electron chi connectivity index (χ1n) is 11.2. The highest BCUT2D eigenvalue weighted by atomic mass is 32.2. The molecular formula is C25H19FN8O2S. The lowest BCUT2D eigenvalue weighted by Gasteiger charge is -2.07. The Morgan fingerprint density at radius 2 is 1.70 bits per heavy atom. The van der Waals surface area contributed by atoms with E-state index in [2.05, 4.69) is 29.9 Å². The van der Waals surface area contributed by atoms with Gasteiger partial charge in [-0.2, -0.15) is 5.10 Å². The lowest BCUT2D eigenvalue weighted by atomic mass is 10.1. The number of fused-ring (bicyclic) bond motifs is 2. The van der Waals surface area contributed by atoms with Crippen molar-refractivity contribution in [3.05, 3.63) is 78.5 Å². The summed E-state index contributed by atoms with van der Waals surface area (Å²) in [7, 11) is -3.43. The van der Waals surface area contributed by atoms with Crippen LogP contribution in [0.2, 0.25) is 0 Å². The van der Waals surface area contributed by atoms with Crippen molar-refractivity contribution in [2.24, 2.45) is 0 Å². The summed E-state index contributed by atoms with van der Waals surface area (Å²) in [5.41, 5.74) is 6.20. The van der Waals surface area contributed by atoms with E-state index in [0.29, 0.717) is 44.9 Å². The number of hydrogen-bond donors (Lipinski definition) is 3. The summed E-state index contributed by atoms with van der Waals surface area (Å²) < 4.78 is 39.8. The van der Waals surface area contributed by atoms with E-state index in [0.717, 1.165) is 23.0 Å². The molecule has 184 valence electrons. The molecular weight excluding hydrogens is 495 g/mol. The summed E-state index contributed by atoms with van der Waals surface area (Å²) in [6.45, 7) is -0.0455. The molecule has 0 radical (unpaired) electrons. The van der Waals surface area contributed by atoms with Crippen molar-refractivity contribution in [1.82, 2.24) is 39.8 Å². The summed E-state index contributed by atoms with van der Waals surface area (Å²) in [6.07, 6.45) is 6.07. The molecule has 0 fully saturated rings. The molecule has 12 heteroatoms. The van der Waals surface area contributed by atoms with Crippen LogP contribution in [-0.2, 0) is 16.6 Å². The normalized spacial score (nSPS) is 11.9. The van der Waals surface area contributed by atoms with E-state index < -0.39 is 15.8 Å². The molecule has 6 rings (SSSR count). The van der Waals surface area contributed by atoms with Crippen LogP contribution >= 0.6 is 0 Å². The van der Waals surface area contributed by atoms with Gasteiger partial charge in [0.15, 0.2) is 11.5 Å². The highest BCUT2D eigenvalue weighted by Gasteiger charge is 2.18. The van der Waals surface area contributed by atoms with Crippen LogP contribution in [0.15, 0.2) is 67.1 Å². The van der Waals surface area contributed by atoms with Crippen molar-refractivity contribution in [3.63, 3.8) is 0 Å². The average Bonchev–Trinajstić information content (AvgIpc) is 3.51. The van der Waals surface area contributed by atoms with E-state index in [1.807, 2.05) is 24.3 Å². The van der Waals surface area contributed by atoms with E-state index in [1.165, 1.54) is 12.1 Å². The third-order valence-electron chi connectivity index (χ3n) is 5.78. The highest BCUT2D eigenvalue weighted by Crippen LogP contribution is 2.31. The maximum atomic E-state index is 14.5. The Morgan fingerprint density at radius 1 is 0.892 bits per heavy atom. The molecule has 10 nitrogen and oxygen atoms in total. The van der Waals surface area contributed by atoms with Gasteiger partial charge in [-0.3, -0.25) is 15.1 Å². The molecule has 0 aliphatic rings. The molecule has 0 saturated carbocycles. The maximum Gasteiger partial charge on any atom is 0.209 e. The monoisotopic (exact) mass is 514 g/mol. The molecule has 6 aromatic rings. The summed E-state index contributed by atoms with van der Waals surface area (Å²) >= 11 is 0. The molecule has 0 amide bonds. The van der Waals surface area contributed by atoms with Crippen molar-refractivity contribution < 1.29 is 12.8 Å². The van der Waals surface area contributed by atoms with Gasteiger partial charge in [-0.25, -0.2) is 27.5 Å². The molecule has 0 aliphatic carbocycles. The number of nitrogens with one attached hydrogen (secondary N) is 3. The minimum atomic E-state index is -3.43. The van der Waals surface area contributed by atoms with E-state index in [4.69, 9.17) is 9.97 Å². The van der Waals surface area contributed by atoms with Crippen molar-refractivity contribution >= 4 is 32.1 Å². The Balaban J connectivity index is 1.44. The van der Waals surface area contributed by atoms with E-state index in [1.54, 1.807) is 30.7 Å². The molecule has 0 atom stereocenters. The van der Waals surface area contributed by atoms with Crippen LogP contribution in [0.1, 0.15) is 5.56 Å². The SMILES string of the molecule is CS(=O)(=O)NCc1cc(F)cc(-c2nccc3[nH]c(-c4n[nH]c5ccc(-c6ccncc6)nc45)nc23)c1. The second kappa shape index (κ2) is 8.84. The van der Waals surface area contributed by atoms with Crippen molar-refractivity contribution in [1.29, 1.82) is 0 Å². The number of aromatic amines is 2. The third kappa shape index (κ3) is 4.55. The number of H-pyrrole nitrogens is 2. The molecule has 0 saturated heterocycles. The van der Waals surface area contributed by atoms with Gasteiger partial charge >= 0.3 is 0 Å². The molecule has 3 N–H and O–H groups in total. The van der Waals surface area contributed by atoms with Crippen LogP contribution < -0.4 is 4.72 Å². The standard InChI is InChI=1S/C25H19FN8O2S/c1-37(35,36)29-13-14-10-16(12-17(26)11-14)21-22-19(6-9-28-21)31-25(32-22)24-23-20(33-34-24)3-2-18(30-23)15-4-7-27-8-5-15/h2-12,29H,13H2,1H3,(H,31,32)(H,33,34). The van der Waals surface area contributed by atoms with Crippen molar-refractivity contribution in [3.8, 4) is 34.0 Å². The van der Waals surface area contributed by atoms with Gasteiger partial charge < -0.3 is 4.98 Å². The minimum absolute atomic E-state index is 0.0455. The van der Waals surface area contributed by atoms with Gasteiger partial charge in [-0.1, -0.05) is 0 Å². The predicted octanol–water partition coefficient (Wildman–Crippen LogP) is 3.81. The molecule has 37 heavy (non-hydrogen) atoms. The number of rotatable bonds is 6. The molecule has 0 bridgehead atoms. The number of pyridine rings is 3. The summed E-state index contributed by atoms with van der Waals surface area (Å²) in [5, 5.41) is 7.43. The quantitative estimate of drug-likeness (QED) is 0.307. The molecule has 0 aliphatic heterocycles. The van der Waals surface area contributed by atoms with Crippen LogP contribution in [0.5, 0.6) is 0 Å². The van der Waals surface area contributed by atoms with E-state index in [9.17, 15) is 12.8 Å². The Labute approximate surface area is 210 Å². The Kier molecular flexibility index (Phi) is 5.46. The highest BCUT2D eigenvalue weighted by molar-refractivity contribution is 7.88. The number of imidazole rings is 1. The third-order valence-corrected chi connectivity index (χ3v) is 6.45. The van der Waals surface area contributed by atoms with Crippen molar-refractivity contribution in [2.75, 3.05) is 6.26 Å². The fourth-order valence-corrected chi connectivity index (χ4v) is 4.54. The summed E-state index contributed by atoms with van der Waals surface area (Å²) in [6, 6.07) is 13.6. The first kappa shape index (κ1) is 22.9. The van der Waals surface area contributed by atoms with Crippen LogP contribution in [-0.4, -0.2) is 49.8 Å². The number of halogens is 1. The number of aromatic nitrogens is 7. The molecule has 5 heterocycles. The van der Waals surface area contributed by atoms with Crippen LogP contribution in [0.25, 0.3) is 56.1 Å². The summed E-state index contributed by atoms with van der Waals surface area (Å²) in [5.74, 6) is -0.0336. The first-order chi connectivity index (χ1) is 17.8. The van der Waals surface area contributed by atoms with Crippen molar-refractivity contribution in [2.45, 2.75) is 6.54 Å². The Morgan fingerprint density at radius 3 is 2.51 bits per heavy atom. The predicted molar refractivity (Wildman–Crippen MR) is 137 cm³/mol. The molecule has 0 unspecified atom stereocenters.